The number of hydrogen-bond donors (Lipinski definition) is 5. The molecule has 6 fully saturated rings. The zero-order valence-corrected chi connectivity index (χ0v) is 41.6. The van der Waals surface area contributed by atoms with Gasteiger partial charge in [0.1, 0.15) is 58.6 Å². The van der Waals surface area contributed by atoms with Crippen molar-refractivity contribution < 1.29 is 52.5 Å². The van der Waals surface area contributed by atoms with Gasteiger partial charge in [0.25, 0.3) is 11.8 Å². The molecule has 5 amide bonds. The van der Waals surface area contributed by atoms with Gasteiger partial charge in [0, 0.05) is 86.0 Å². The molecule has 0 bridgehead atoms. The van der Waals surface area contributed by atoms with Crippen LogP contribution in [0.5, 0.6) is 11.5 Å². The van der Waals surface area contributed by atoms with Crippen LogP contribution in [-0.4, -0.2) is 139 Å². The van der Waals surface area contributed by atoms with Crippen molar-refractivity contribution in [1.82, 2.24) is 30.4 Å². The summed E-state index contributed by atoms with van der Waals surface area (Å²) in [6, 6.07) is 13.6. The number of rotatable bonds is 13. The number of nitriles is 1. The van der Waals surface area contributed by atoms with E-state index in [0.29, 0.717) is 101 Å². The van der Waals surface area contributed by atoms with Crippen LogP contribution in [0.25, 0.3) is 21.8 Å². The molecular weight excluding hydrogens is 937 g/mol. The average molecular weight is 1000 g/mol. The third-order valence-corrected chi connectivity index (χ3v) is 16.4. The number of benzene rings is 2. The van der Waals surface area contributed by atoms with Gasteiger partial charge >= 0.3 is 0 Å². The first-order valence-corrected chi connectivity index (χ1v) is 25.7. The minimum atomic E-state index is -0.958. The lowest BCUT2D eigenvalue weighted by Gasteiger charge is -2.32. The van der Waals surface area contributed by atoms with Crippen LogP contribution in [0.1, 0.15) is 111 Å². The lowest BCUT2D eigenvalue weighted by molar-refractivity contribution is -0.131. The number of ether oxygens (including phenoxy) is 4. The van der Waals surface area contributed by atoms with Crippen LogP contribution in [0.15, 0.2) is 48.5 Å². The number of amides is 5. The molecule has 0 radical (unpaired) electrons. The number of fused-ring (bicyclic) bond motifs is 2. The molecule has 388 valence electrons. The predicted molar refractivity (Wildman–Crippen MR) is 266 cm³/mol. The normalized spacial score (nSPS) is 24.0. The fraction of sp³-hybridized carbons (Fsp3) is 0.556. The first kappa shape index (κ1) is 51.1. The van der Waals surface area contributed by atoms with E-state index >= 15 is 0 Å². The number of carbonyl (C=O) groups is 7. The van der Waals surface area contributed by atoms with E-state index in [1.165, 1.54) is 0 Å². The Morgan fingerprint density at radius 1 is 0.726 bits per heavy atom. The highest BCUT2D eigenvalue weighted by molar-refractivity contribution is 6.03. The number of H-pyrrole nitrogens is 2. The lowest BCUT2D eigenvalue weighted by Crippen LogP contribution is -2.53. The third-order valence-electron chi connectivity index (χ3n) is 16.4. The number of aromatic nitrogens is 2. The van der Waals surface area contributed by atoms with Gasteiger partial charge in [0.2, 0.25) is 17.7 Å². The highest BCUT2D eigenvalue weighted by Gasteiger charge is 2.51. The fourth-order valence-corrected chi connectivity index (χ4v) is 12.3. The Morgan fingerprint density at radius 3 is 1.59 bits per heavy atom. The lowest BCUT2D eigenvalue weighted by atomic mass is 9.78. The van der Waals surface area contributed by atoms with E-state index in [2.05, 4.69) is 26.7 Å². The molecule has 6 heterocycles. The summed E-state index contributed by atoms with van der Waals surface area (Å²) in [7, 11) is 3.16. The third kappa shape index (κ3) is 10.8. The molecule has 2 spiro atoms. The monoisotopic (exact) mass is 1000 g/mol. The van der Waals surface area contributed by atoms with Crippen LogP contribution < -0.4 is 25.8 Å². The van der Waals surface area contributed by atoms with E-state index in [-0.39, 0.29) is 58.4 Å². The summed E-state index contributed by atoms with van der Waals surface area (Å²) in [5.74, 6) is -0.843. The van der Waals surface area contributed by atoms with Gasteiger partial charge in [-0.25, -0.2) is 0 Å². The number of methoxy groups -OCH3 is 2. The molecule has 19 nitrogen and oxygen atoms in total. The Morgan fingerprint density at radius 2 is 1.18 bits per heavy atom. The first-order valence-electron chi connectivity index (χ1n) is 25.7. The van der Waals surface area contributed by atoms with E-state index in [1.54, 1.807) is 36.2 Å². The minimum Gasteiger partial charge on any atom is -0.496 e. The summed E-state index contributed by atoms with van der Waals surface area (Å²) in [6.45, 7) is 3.23. The molecule has 19 heteroatoms. The number of nitrogens with zero attached hydrogens (tertiary/aromatic N) is 3. The van der Waals surface area contributed by atoms with E-state index in [0.717, 1.165) is 66.8 Å². The second kappa shape index (κ2) is 21.7. The summed E-state index contributed by atoms with van der Waals surface area (Å²) >= 11 is 0. The van der Waals surface area contributed by atoms with Crippen molar-refractivity contribution in [2.24, 2.45) is 28.4 Å². The zero-order chi connectivity index (χ0) is 51.4. The van der Waals surface area contributed by atoms with Crippen molar-refractivity contribution in [3.8, 4) is 17.6 Å². The quantitative estimate of drug-likeness (QED) is 0.120. The maximum atomic E-state index is 13.8. The van der Waals surface area contributed by atoms with Crippen molar-refractivity contribution in [2.45, 2.75) is 114 Å². The molecule has 2 aromatic heterocycles. The summed E-state index contributed by atoms with van der Waals surface area (Å²) in [6.07, 6.45) is 8.68. The van der Waals surface area contributed by atoms with Gasteiger partial charge in [0.05, 0.1) is 20.3 Å². The summed E-state index contributed by atoms with van der Waals surface area (Å²) in [4.78, 5) is 101. The van der Waals surface area contributed by atoms with Crippen molar-refractivity contribution in [3.63, 3.8) is 0 Å². The SMILES string of the molecule is COc1cccc2[nH]c(C(=O)N3CC4(CCOCC4)CC3C(=O)N[C@@H](C[C@@H]3CCCC3=O)C(N)=O)cc12.COc1cccc2[nH]c(C(=O)N3CC4(CCOCC4)CC3C(=O)N[C@H](C#N)C[C@@H]3CCCC3=O)cc12. The molecule has 6 aliphatic rings. The predicted octanol–water partition coefficient (Wildman–Crippen LogP) is 4.87. The highest BCUT2D eigenvalue weighted by atomic mass is 16.5. The van der Waals surface area contributed by atoms with Crippen molar-refractivity contribution in [2.75, 3.05) is 53.7 Å². The number of hydrogen-bond acceptors (Lipinski definition) is 12. The molecule has 2 saturated carbocycles. The first-order chi connectivity index (χ1) is 35.2. The topological polar surface area (TPSA) is 268 Å². The molecule has 4 saturated heterocycles. The van der Waals surface area contributed by atoms with Crippen LogP contribution >= 0.6 is 0 Å². The van der Waals surface area contributed by atoms with Gasteiger partial charge in [0.15, 0.2) is 0 Å². The summed E-state index contributed by atoms with van der Waals surface area (Å²) < 4.78 is 22.0. The van der Waals surface area contributed by atoms with Crippen molar-refractivity contribution in [3.05, 3.63) is 59.9 Å². The number of aromatic amines is 2. The van der Waals surface area contributed by atoms with Crippen LogP contribution in [0.3, 0.4) is 0 Å². The summed E-state index contributed by atoms with van der Waals surface area (Å²) in [5, 5.41) is 16.9. The molecule has 6 N–H and O–H groups in total. The molecule has 2 aromatic carbocycles. The number of nitrogens with one attached hydrogen (secondary N) is 4. The second-order valence-electron chi connectivity index (χ2n) is 21.0. The smallest absolute Gasteiger partial charge is 0.271 e. The van der Waals surface area contributed by atoms with E-state index in [1.807, 2.05) is 36.4 Å². The Kier molecular flexibility index (Phi) is 15.2. The molecule has 4 aliphatic heterocycles. The van der Waals surface area contributed by atoms with E-state index in [9.17, 15) is 38.8 Å². The Hall–Kier alpha value is -6.78. The number of likely N-dealkylation sites (tertiary alicyclic amines) is 2. The van der Waals surface area contributed by atoms with Crippen LogP contribution in [0, 0.1) is 34.0 Å². The Labute approximate surface area is 423 Å². The maximum Gasteiger partial charge on any atom is 0.271 e. The Balaban J connectivity index is 0.000000180. The highest BCUT2D eigenvalue weighted by Crippen LogP contribution is 2.45. The molecule has 73 heavy (non-hydrogen) atoms. The second-order valence-corrected chi connectivity index (χ2v) is 21.0. The molecule has 10 rings (SSSR count). The van der Waals surface area contributed by atoms with Gasteiger partial charge in [-0.3, -0.25) is 33.6 Å². The number of nitrogens with two attached hydrogens (primary N) is 1. The van der Waals surface area contributed by atoms with E-state index < -0.39 is 36.0 Å². The van der Waals surface area contributed by atoms with Crippen LogP contribution in [-0.2, 0) is 33.4 Å². The minimum absolute atomic E-state index is 0.105. The number of Topliss-reactive ketones (excluding diaryl/α,β-unsaturated/α-hetero) is 2. The molecule has 6 atom stereocenters. The van der Waals surface area contributed by atoms with Gasteiger partial charge in [-0.15, -0.1) is 0 Å². The number of carbonyl (C=O) groups excluding carboxylic acids is 7. The van der Waals surface area contributed by atoms with Crippen LogP contribution in [0.2, 0.25) is 0 Å². The van der Waals surface area contributed by atoms with Gasteiger partial charge in [-0.2, -0.15) is 5.26 Å². The zero-order valence-electron chi connectivity index (χ0n) is 41.6. The van der Waals surface area contributed by atoms with E-state index in [4.69, 9.17) is 24.7 Å². The summed E-state index contributed by atoms with van der Waals surface area (Å²) in [5.41, 5.74) is 7.50. The van der Waals surface area contributed by atoms with Crippen molar-refractivity contribution in [1.29, 1.82) is 5.26 Å². The number of ketones is 2. The maximum absolute atomic E-state index is 13.8. The standard InChI is InChI=1S/C27H34N4O6.C27H32N4O5/c1-36-23-7-3-5-18-17(23)13-20(29-18)26(35)31-15-27(8-10-37-11-9-27)14-21(31)25(34)30-19(24(28)33)12-16-4-2-6-22(16)32;1-35-24-7-3-5-20-19(24)13-21(30-20)26(34)31-16-27(8-10-36-11-9-27)14-22(31)25(33)29-18(15-28)12-17-4-2-6-23(17)32/h3,5,7,13,16,19,21,29H,2,4,6,8-12,14-15H2,1H3,(H2,28,33)(H,30,34);3,5,7,13,17-18,22,30H,2,4,6,8-12,14,16H2,1H3,(H,29,33)/t16-,19-,21?;17-,18-,22?/m00/s1. The average Bonchev–Trinajstić information content (AvgIpc) is 4.28. The van der Waals surface area contributed by atoms with Crippen molar-refractivity contribution >= 4 is 62.9 Å². The van der Waals surface area contributed by atoms with Gasteiger partial charge in [-0.1, -0.05) is 12.1 Å². The molecule has 2 unspecified atom stereocenters. The molecule has 4 aromatic rings. The van der Waals surface area contributed by atoms with Crippen LogP contribution in [0.4, 0.5) is 0 Å². The molecule has 2 aliphatic carbocycles. The number of primary amides is 1. The van der Waals surface area contributed by atoms with Gasteiger partial charge < -0.3 is 55.1 Å². The Bertz CT molecular complexity index is 2800. The largest absolute Gasteiger partial charge is 0.496 e. The fourth-order valence-electron chi connectivity index (χ4n) is 12.3. The van der Waals surface area contributed by atoms with Gasteiger partial charge in [-0.05, 0) is 124 Å². The molecular formula is C54H66N8O11.